The van der Waals surface area contributed by atoms with Crippen molar-refractivity contribution < 1.29 is 24.2 Å². The summed E-state index contributed by atoms with van der Waals surface area (Å²) in [7, 11) is 0. The minimum atomic E-state index is -0.0381. The first-order valence-electron chi connectivity index (χ1n) is 21.4. The minimum absolute atomic E-state index is 0.0160. The summed E-state index contributed by atoms with van der Waals surface area (Å²) in [5.41, 5.74) is 0.0160. The highest BCUT2D eigenvalue weighted by Gasteiger charge is 2.20. The Balaban J connectivity index is 3.90. The van der Waals surface area contributed by atoms with Crippen LogP contribution >= 0.6 is 0 Å². The second kappa shape index (κ2) is 35.3. The summed E-state index contributed by atoms with van der Waals surface area (Å²) >= 11 is 0. The Morgan fingerprint density at radius 2 is 1.00 bits per heavy atom. The van der Waals surface area contributed by atoms with Crippen LogP contribution in [0, 0.1) is 11.3 Å². The quantitative estimate of drug-likeness (QED) is 0.0512. The van der Waals surface area contributed by atoms with E-state index in [0.29, 0.717) is 26.1 Å². The Kier molecular flexibility index (Phi) is 34.5. The van der Waals surface area contributed by atoms with Crippen molar-refractivity contribution in [2.24, 2.45) is 11.3 Å². The highest BCUT2D eigenvalue weighted by atomic mass is 16.5. The van der Waals surface area contributed by atoms with Crippen molar-refractivity contribution in [1.82, 2.24) is 4.90 Å². The van der Waals surface area contributed by atoms with Crippen LogP contribution in [0.15, 0.2) is 0 Å². The second-order valence-corrected chi connectivity index (χ2v) is 15.8. The molecule has 0 fully saturated rings. The average molecular weight is 696 g/mol. The number of ether oxygens (including phenoxy) is 2. The molecule has 0 heterocycles. The molecule has 0 aromatic carbocycles. The zero-order valence-electron chi connectivity index (χ0n) is 33.6. The molecule has 0 aliphatic carbocycles. The SMILES string of the molecule is CCCCCCCCCC(=O)OCC(C)(C)CCCCCN(CCO)CCCCCCCC(=O)OCCCC(CCCCC)CCCCC. The van der Waals surface area contributed by atoms with Crippen LogP contribution in [0.5, 0.6) is 0 Å². The molecule has 6 heteroatoms. The van der Waals surface area contributed by atoms with Gasteiger partial charge in [0, 0.05) is 19.4 Å². The second-order valence-electron chi connectivity index (χ2n) is 15.8. The smallest absolute Gasteiger partial charge is 0.305 e. The van der Waals surface area contributed by atoms with Crippen molar-refractivity contribution in [2.45, 2.75) is 214 Å². The van der Waals surface area contributed by atoms with Gasteiger partial charge in [-0.15, -0.1) is 0 Å². The molecule has 0 unspecified atom stereocenters. The van der Waals surface area contributed by atoms with E-state index in [1.165, 1.54) is 96.3 Å². The van der Waals surface area contributed by atoms with Crippen LogP contribution in [0.25, 0.3) is 0 Å². The third-order valence-electron chi connectivity index (χ3n) is 10.2. The summed E-state index contributed by atoms with van der Waals surface area (Å²) in [6, 6.07) is 0. The molecule has 0 saturated heterocycles. The lowest BCUT2D eigenvalue weighted by atomic mass is 9.88. The van der Waals surface area contributed by atoms with Crippen molar-refractivity contribution in [2.75, 3.05) is 39.5 Å². The van der Waals surface area contributed by atoms with Crippen LogP contribution in [0.1, 0.15) is 214 Å². The van der Waals surface area contributed by atoms with Gasteiger partial charge in [0.1, 0.15) is 0 Å². The van der Waals surface area contributed by atoms with Gasteiger partial charge in [0.25, 0.3) is 0 Å². The van der Waals surface area contributed by atoms with Crippen molar-refractivity contribution in [3.05, 3.63) is 0 Å². The van der Waals surface area contributed by atoms with Crippen LogP contribution in [0.3, 0.4) is 0 Å². The summed E-state index contributed by atoms with van der Waals surface area (Å²) in [5.74, 6) is 0.741. The summed E-state index contributed by atoms with van der Waals surface area (Å²) in [6.45, 7) is 15.3. The van der Waals surface area contributed by atoms with Crippen LogP contribution < -0.4 is 0 Å². The predicted molar refractivity (Wildman–Crippen MR) is 209 cm³/mol. The molecule has 49 heavy (non-hydrogen) atoms. The largest absolute Gasteiger partial charge is 0.466 e. The molecule has 0 saturated carbocycles. The molecule has 0 atom stereocenters. The van der Waals surface area contributed by atoms with Gasteiger partial charge in [0.2, 0.25) is 0 Å². The zero-order valence-corrected chi connectivity index (χ0v) is 33.6. The molecule has 0 aromatic heterocycles. The van der Waals surface area contributed by atoms with Gasteiger partial charge in [-0.3, -0.25) is 9.59 Å². The number of hydrogen-bond acceptors (Lipinski definition) is 6. The molecule has 1 N–H and O–H groups in total. The van der Waals surface area contributed by atoms with Gasteiger partial charge in [0.15, 0.2) is 0 Å². The number of aliphatic hydroxyl groups excluding tert-OH is 1. The molecule has 0 bridgehead atoms. The van der Waals surface area contributed by atoms with E-state index in [4.69, 9.17) is 9.47 Å². The zero-order chi connectivity index (χ0) is 36.3. The van der Waals surface area contributed by atoms with Gasteiger partial charge in [-0.2, -0.15) is 0 Å². The molecule has 0 aliphatic rings. The van der Waals surface area contributed by atoms with Crippen LogP contribution in [0.2, 0.25) is 0 Å². The Morgan fingerprint density at radius 3 is 1.55 bits per heavy atom. The number of nitrogens with zero attached hydrogens (tertiary/aromatic N) is 1. The molecule has 0 radical (unpaired) electrons. The lowest BCUT2D eigenvalue weighted by molar-refractivity contribution is -0.147. The molecule has 0 spiro atoms. The Labute approximate surface area is 305 Å². The van der Waals surface area contributed by atoms with Crippen molar-refractivity contribution in [1.29, 1.82) is 0 Å². The van der Waals surface area contributed by atoms with Gasteiger partial charge in [-0.1, -0.05) is 157 Å². The van der Waals surface area contributed by atoms with E-state index < -0.39 is 0 Å². The van der Waals surface area contributed by atoms with Crippen LogP contribution in [0.4, 0.5) is 0 Å². The van der Waals surface area contributed by atoms with Gasteiger partial charge in [0.05, 0.1) is 19.8 Å². The molecular weight excluding hydrogens is 610 g/mol. The third kappa shape index (κ3) is 33.7. The fraction of sp³-hybridized carbons (Fsp3) is 0.953. The van der Waals surface area contributed by atoms with Crippen molar-refractivity contribution in [3.8, 4) is 0 Å². The summed E-state index contributed by atoms with van der Waals surface area (Å²) in [5, 5.41) is 9.55. The molecule has 0 amide bonds. The van der Waals surface area contributed by atoms with E-state index in [0.717, 1.165) is 96.2 Å². The lowest BCUT2D eigenvalue weighted by Gasteiger charge is -2.25. The third-order valence-corrected chi connectivity index (χ3v) is 10.2. The number of unbranched alkanes of at least 4 members (excludes halogenated alkanes) is 16. The minimum Gasteiger partial charge on any atom is -0.466 e. The molecular formula is C43H85NO5. The molecule has 0 aromatic rings. The fourth-order valence-electron chi connectivity index (χ4n) is 6.80. The first kappa shape index (κ1) is 47.9. The Bertz CT molecular complexity index is 717. The van der Waals surface area contributed by atoms with Gasteiger partial charge >= 0.3 is 11.9 Å². The predicted octanol–water partition coefficient (Wildman–Crippen LogP) is 12.0. The van der Waals surface area contributed by atoms with E-state index in [-0.39, 0.29) is 24.0 Å². The first-order valence-corrected chi connectivity index (χ1v) is 21.4. The van der Waals surface area contributed by atoms with Crippen LogP contribution in [-0.2, 0) is 19.1 Å². The van der Waals surface area contributed by atoms with E-state index in [2.05, 4.69) is 39.5 Å². The van der Waals surface area contributed by atoms with E-state index in [1.54, 1.807) is 0 Å². The number of aliphatic hydroxyl groups is 1. The monoisotopic (exact) mass is 696 g/mol. The lowest BCUT2D eigenvalue weighted by Crippen LogP contribution is -2.29. The fourth-order valence-corrected chi connectivity index (χ4v) is 6.80. The molecule has 0 aliphatic heterocycles. The topological polar surface area (TPSA) is 76.1 Å². The first-order chi connectivity index (χ1) is 23.8. The van der Waals surface area contributed by atoms with E-state index in [9.17, 15) is 14.7 Å². The maximum Gasteiger partial charge on any atom is 0.305 e. The number of carbonyl (C=O) groups excluding carboxylic acids is 2. The number of esters is 2. The Morgan fingerprint density at radius 1 is 0.551 bits per heavy atom. The highest BCUT2D eigenvalue weighted by molar-refractivity contribution is 5.69. The molecule has 0 rings (SSSR count). The van der Waals surface area contributed by atoms with Crippen LogP contribution in [-0.4, -0.2) is 61.4 Å². The molecule has 6 nitrogen and oxygen atoms in total. The van der Waals surface area contributed by atoms with E-state index >= 15 is 0 Å². The number of hydrogen-bond donors (Lipinski definition) is 1. The van der Waals surface area contributed by atoms with Gasteiger partial charge < -0.3 is 19.5 Å². The molecule has 292 valence electrons. The summed E-state index contributed by atoms with van der Waals surface area (Å²) in [6.07, 6.45) is 32.3. The maximum absolute atomic E-state index is 12.2. The van der Waals surface area contributed by atoms with Gasteiger partial charge in [-0.25, -0.2) is 0 Å². The normalized spacial score (nSPS) is 11.9. The highest BCUT2D eigenvalue weighted by Crippen LogP contribution is 2.25. The average Bonchev–Trinajstić information content (AvgIpc) is 3.08. The standard InChI is InChI=1S/C43H85NO5/c1-6-9-12-13-14-16-23-32-42(47)49-39-43(4,5)33-24-19-26-35-44(36-37-45)34-25-18-15-17-22-31-41(46)48-38-27-30-40(28-20-10-7-2)29-21-11-8-3/h40,45H,6-39H2,1-5H3. The maximum atomic E-state index is 12.2. The van der Waals surface area contributed by atoms with E-state index in [1.807, 2.05) is 0 Å². The summed E-state index contributed by atoms with van der Waals surface area (Å²) < 4.78 is 11.2. The van der Waals surface area contributed by atoms with Crippen molar-refractivity contribution >= 4 is 11.9 Å². The number of carbonyl (C=O) groups is 2. The van der Waals surface area contributed by atoms with Gasteiger partial charge in [-0.05, 0) is 69.4 Å². The Hall–Kier alpha value is -1.14. The number of rotatable bonds is 38. The summed E-state index contributed by atoms with van der Waals surface area (Å²) in [4.78, 5) is 26.8. The van der Waals surface area contributed by atoms with Crippen molar-refractivity contribution in [3.63, 3.8) is 0 Å².